The summed E-state index contributed by atoms with van der Waals surface area (Å²) in [4.78, 5) is 20.8. The van der Waals surface area contributed by atoms with E-state index in [-0.39, 0.29) is 16.8 Å². The predicted octanol–water partition coefficient (Wildman–Crippen LogP) is 3.09. The molecule has 0 unspecified atom stereocenters. The first-order valence-corrected chi connectivity index (χ1v) is 12.6. The van der Waals surface area contributed by atoms with E-state index < -0.39 is 16.4 Å². The predicted molar refractivity (Wildman–Crippen MR) is 124 cm³/mol. The zero-order chi connectivity index (χ0) is 25.0. The summed E-state index contributed by atoms with van der Waals surface area (Å²) in [5.41, 5.74) is 1.39. The minimum atomic E-state index is -3.37. The standard InChI is InChI=1S/C22H24F2N6O4S/c1-33-19-5-8-25-14-18(19)30(16-3-4-20(26-11-16)34-21(23)24)15-6-9-29(10-7-15)22-27-12-17(13-28-22)35(2,31)32/h3-5,8,11-15,21H,6-7,9-10H2,1-2H3. The number of aromatic nitrogens is 4. The summed E-state index contributed by atoms with van der Waals surface area (Å²) in [5.74, 6) is 0.887. The summed E-state index contributed by atoms with van der Waals surface area (Å²) < 4.78 is 58.4. The van der Waals surface area contributed by atoms with Crippen molar-refractivity contribution in [3.8, 4) is 11.6 Å². The summed E-state index contributed by atoms with van der Waals surface area (Å²) in [6.07, 6.45) is 9.91. The van der Waals surface area contributed by atoms with E-state index in [2.05, 4.69) is 24.7 Å². The minimum Gasteiger partial charge on any atom is -0.494 e. The normalized spacial score (nSPS) is 14.7. The first kappa shape index (κ1) is 24.5. The molecule has 1 fully saturated rings. The van der Waals surface area contributed by atoms with E-state index in [4.69, 9.17) is 4.74 Å². The topological polar surface area (TPSA) is 111 Å². The average molecular weight is 507 g/mol. The van der Waals surface area contributed by atoms with Gasteiger partial charge in [0.1, 0.15) is 16.3 Å². The number of halogens is 2. The lowest BCUT2D eigenvalue weighted by Crippen LogP contribution is -2.44. The molecule has 0 spiro atoms. The molecule has 0 saturated carbocycles. The van der Waals surface area contributed by atoms with Gasteiger partial charge in [-0.2, -0.15) is 8.78 Å². The van der Waals surface area contributed by atoms with E-state index in [1.54, 1.807) is 31.6 Å². The molecule has 13 heteroatoms. The highest BCUT2D eigenvalue weighted by Gasteiger charge is 2.29. The second kappa shape index (κ2) is 10.3. The van der Waals surface area contributed by atoms with Crippen molar-refractivity contribution in [2.45, 2.75) is 30.4 Å². The van der Waals surface area contributed by atoms with Gasteiger partial charge >= 0.3 is 6.61 Å². The molecule has 0 amide bonds. The number of sulfone groups is 1. The van der Waals surface area contributed by atoms with Gasteiger partial charge in [-0.25, -0.2) is 23.4 Å². The highest BCUT2D eigenvalue weighted by atomic mass is 32.2. The number of anilines is 3. The molecule has 10 nitrogen and oxygen atoms in total. The van der Waals surface area contributed by atoms with Crippen molar-refractivity contribution in [3.63, 3.8) is 0 Å². The van der Waals surface area contributed by atoms with Crippen LogP contribution < -0.4 is 19.3 Å². The fourth-order valence-electron chi connectivity index (χ4n) is 3.94. The Kier molecular flexibility index (Phi) is 7.24. The van der Waals surface area contributed by atoms with Gasteiger partial charge in [0.2, 0.25) is 11.8 Å². The van der Waals surface area contributed by atoms with Crippen LogP contribution in [-0.2, 0) is 9.84 Å². The van der Waals surface area contributed by atoms with Gasteiger partial charge in [0.15, 0.2) is 9.84 Å². The molecular weight excluding hydrogens is 482 g/mol. The van der Waals surface area contributed by atoms with Crippen molar-refractivity contribution in [2.24, 2.45) is 0 Å². The molecule has 1 aliphatic rings. The maximum absolute atomic E-state index is 12.5. The third-order valence-electron chi connectivity index (χ3n) is 5.60. The molecule has 0 bridgehead atoms. The van der Waals surface area contributed by atoms with Gasteiger partial charge in [0.05, 0.1) is 37.6 Å². The summed E-state index contributed by atoms with van der Waals surface area (Å²) in [6.45, 7) is -1.73. The van der Waals surface area contributed by atoms with Crippen LogP contribution in [-0.4, -0.2) is 67.5 Å². The van der Waals surface area contributed by atoms with E-state index in [0.717, 1.165) is 6.26 Å². The van der Waals surface area contributed by atoms with E-state index in [9.17, 15) is 17.2 Å². The first-order valence-electron chi connectivity index (χ1n) is 10.7. The van der Waals surface area contributed by atoms with Gasteiger partial charge < -0.3 is 19.3 Å². The summed E-state index contributed by atoms with van der Waals surface area (Å²) in [6, 6.07) is 4.81. The quantitative estimate of drug-likeness (QED) is 0.452. The van der Waals surface area contributed by atoms with Gasteiger partial charge in [0.25, 0.3) is 0 Å². The van der Waals surface area contributed by atoms with Crippen LogP contribution in [0.1, 0.15) is 12.8 Å². The lowest BCUT2D eigenvalue weighted by Gasteiger charge is -2.39. The molecule has 0 atom stereocenters. The zero-order valence-electron chi connectivity index (χ0n) is 19.1. The Morgan fingerprint density at radius 3 is 2.34 bits per heavy atom. The van der Waals surface area contributed by atoms with Crippen LogP contribution in [0.5, 0.6) is 11.6 Å². The highest BCUT2D eigenvalue weighted by Crippen LogP contribution is 2.37. The molecule has 3 aromatic rings. The number of nitrogens with zero attached hydrogens (tertiary/aromatic N) is 6. The van der Waals surface area contributed by atoms with Crippen molar-refractivity contribution in [1.82, 2.24) is 19.9 Å². The Morgan fingerprint density at radius 1 is 1.06 bits per heavy atom. The van der Waals surface area contributed by atoms with Crippen molar-refractivity contribution >= 4 is 27.2 Å². The number of hydrogen-bond donors (Lipinski definition) is 0. The molecule has 35 heavy (non-hydrogen) atoms. The van der Waals surface area contributed by atoms with Gasteiger partial charge in [-0.15, -0.1) is 0 Å². The Bertz CT molecular complexity index is 1240. The van der Waals surface area contributed by atoms with Gasteiger partial charge in [-0.05, 0) is 18.9 Å². The molecule has 0 radical (unpaired) electrons. The fourth-order valence-corrected chi connectivity index (χ4v) is 4.43. The van der Waals surface area contributed by atoms with Gasteiger partial charge in [-0.1, -0.05) is 0 Å². The summed E-state index contributed by atoms with van der Waals surface area (Å²) in [5, 5.41) is 0. The van der Waals surface area contributed by atoms with Gasteiger partial charge in [-0.3, -0.25) is 4.98 Å². The number of alkyl halides is 2. The largest absolute Gasteiger partial charge is 0.494 e. The Balaban J connectivity index is 1.57. The van der Waals surface area contributed by atoms with Crippen molar-refractivity contribution in [1.29, 1.82) is 0 Å². The van der Waals surface area contributed by atoms with Crippen molar-refractivity contribution < 1.29 is 26.7 Å². The molecule has 0 aromatic carbocycles. The molecule has 1 saturated heterocycles. The van der Waals surface area contributed by atoms with Crippen LogP contribution in [0.3, 0.4) is 0 Å². The van der Waals surface area contributed by atoms with Crippen LogP contribution in [0.15, 0.2) is 54.1 Å². The Morgan fingerprint density at radius 2 is 1.77 bits per heavy atom. The third kappa shape index (κ3) is 5.73. The minimum absolute atomic E-state index is 0.00306. The smallest absolute Gasteiger partial charge is 0.388 e. The third-order valence-corrected chi connectivity index (χ3v) is 6.67. The maximum atomic E-state index is 12.5. The fraction of sp³-hybridized carbons (Fsp3) is 0.364. The second-order valence-electron chi connectivity index (χ2n) is 7.86. The summed E-state index contributed by atoms with van der Waals surface area (Å²) in [7, 11) is -1.81. The maximum Gasteiger partial charge on any atom is 0.388 e. The number of methoxy groups -OCH3 is 1. The molecule has 1 aliphatic heterocycles. The molecule has 3 aromatic heterocycles. The van der Waals surface area contributed by atoms with E-state index in [0.29, 0.717) is 49.0 Å². The lowest BCUT2D eigenvalue weighted by molar-refractivity contribution is -0.0528. The van der Waals surface area contributed by atoms with E-state index >= 15 is 0 Å². The Hall–Kier alpha value is -3.61. The zero-order valence-corrected chi connectivity index (χ0v) is 19.9. The molecule has 186 valence electrons. The number of pyridine rings is 2. The average Bonchev–Trinajstić information content (AvgIpc) is 2.85. The van der Waals surface area contributed by atoms with Crippen LogP contribution >= 0.6 is 0 Å². The molecule has 0 aliphatic carbocycles. The highest BCUT2D eigenvalue weighted by molar-refractivity contribution is 7.90. The number of hydrogen-bond acceptors (Lipinski definition) is 10. The number of rotatable bonds is 8. The van der Waals surface area contributed by atoms with Crippen molar-refractivity contribution in [2.75, 3.05) is 36.3 Å². The van der Waals surface area contributed by atoms with E-state index in [1.165, 1.54) is 24.7 Å². The second-order valence-corrected chi connectivity index (χ2v) is 9.88. The van der Waals surface area contributed by atoms with E-state index in [1.807, 2.05) is 9.80 Å². The lowest BCUT2D eigenvalue weighted by atomic mass is 10.0. The molecular formula is C22H24F2N6O4S. The molecule has 4 heterocycles. The summed E-state index contributed by atoms with van der Waals surface area (Å²) >= 11 is 0. The molecule has 0 N–H and O–H groups in total. The van der Waals surface area contributed by atoms with Crippen LogP contribution in [0.25, 0.3) is 0 Å². The molecule has 4 rings (SSSR count). The monoisotopic (exact) mass is 506 g/mol. The SMILES string of the molecule is COc1ccncc1N(c1ccc(OC(F)F)nc1)C1CCN(c2ncc(S(C)(=O)=O)cn2)CC1. The van der Waals surface area contributed by atoms with Crippen molar-refractivity contribution in [3.05, 3.63) is 49.2 Å². The van der Waals surface area contributed by atoms with Crippen LogP contribution in [0.2, 0.25) is 0 Å². The van der Waals surface area contributed by atoms with Gasteiger partial charge in [0, 0.05) is 43.7 Å². The number of ether oxygens (including phenoxy) is 2. The first-order chi connectivity index (χ1) is 16.8. The Labute approximate surface area is 201 Å². The number of piperidine rings is 1. The van der Waals surface area contributed by atoms with Crippen LogP contribution in [0.4, 0.5) is 26.1 Å². The van der Waals surface area contributed by atoms with Crippen LogP contribution in [0, 0.1) is 0 Å².